The number of carbonyl (C=O) groups excluding carboxylic acids is 2. The number of hydrogen-bond donors (Lipinski definition) is 1. The molecular formula is C24H28O5. The topological polar surface area (TPSA) is 72.8 Å². The molecule has 0 saturated heterocycles. The van der Waals surface area contributed by atoms with Crippen molar-refractivity contribution in [2.75, 3.05) is 0 Å². The highest BCUT2D eigenvalue weighted by Gasteiger charge is 2.51. The summed E-state index contributed by atoms with van der Waals surface area (Å²) in [7, 11) is 0. The number of phenolic OH excluding ortho intramolecular Hbond substituents is 1. The minimum atomic E-state index is -0.295. The van der Waals surface area contributed by atoms with Crippen molar-refractivity contribution in [1.29, 1.82) is 0 Å². The number of benzene rings is 2. The fourth-order valence-electron chi connectivity index (χ4n) is 5.20. The lowest BCUT2D eigenvalue weighted by atomic mass is 9.65. The second-order valence-electron chi connectivity index (χ2n) is 8.47. The molecule has 0 unspecified atom stereocenters. The minimum Gasteiger partial charge on any atom is -0.507 e. The molecule has 154 valence electrons. The number of phenols is 1. The van der Waals surface area contributed by atoms with Crippen LogP contribution in [0.25, 0.3) is 10.8 Å². The second kappa shape index (κ2) is 7.36. The van der Waals surface area contributed by atoms with Crippen molar-refractivity contribution in [1.82, 2.24) is 0 Å². The van der Waals surface area contributed by atoms with E-state index in [1.54, 1.807) is 19.1 Å². The third-order valence-electron chi connectivity index (χ3n) is 6.85. The standard InChI is InChI=1S/C24H28O5/c1-4-22(26)28-14-6-7-15-16-10-11-24(3)19(8-9-21(24)29-23(27)5-2)17(16)13-20(25)18(15)12-14/h6-7,12-13,19,21,25H,4-5,8-11H2,1-3H3/t19-,21-,24-/m0/s1. The van der Waals surface area contributed by atoms with Gasteiger partial charge in [0.15, 0.2) is 0 Å². The van der Waals surface area contributed by atoms with Gasteiger partial charge in [0.1, 0.15) is 17.6 Å². The molecule has 1 saturated carbocycles. The number of rotatable bonds is 4. The van der Waals surface area contributed by atoms with E-state index >= 15 is 0 Å². The van der Waals surface area contributed by atoms with Gasteiger partial charge in [-0.2, -0.15) is 0 Å². The van der Waals surface area contributed by atoms with Crippen LogP contribution in [0.1, 0.15) is 69.9 Å². The molecule has 0 aliphatic heterocycles. The normalized spacial score (nSPS) is 25.3. The number of esters is 2. The lowest BCUT2D eigenvalue weighted by Gasteiger charge is -2.41. The highest BCUT2D eigenvalue weighted by molar-refractivity contribution is 5.94. The Morgan fingerprint density at radius 2 is 1.86 bits per heavy atom. The van der Waals surface area contributed by atoms with Gasteiger partial charge in [-0.3, -0.25) is 9.59 Å². The van der Waals surface area contributed by atoms with Gasteiger partial charge in [-0.25, -0.2) is 0 Å². The van der Waals surface area contributed by atoms with Crippen LogP contribution in [0.2, 0.25) is 0 Å². The van der Waals surface area contributed by atoms with Crippen LogP contribution < -0.4 is 4.74 Å². The first-order valence-corrected chi connectivity index (χ1v) is 10.6. The Balaban J connectivity index is 1.72. The molecule has 3 atom stereocenters. The van der Waals surface area contributed by atoms with E-state index in [-0.39, 0.29) is 35.1 Å². The van der Waals surface area contributed by atoms with Gasteiger partial charge in [0.25, 0.3) is 0 Å². The first-order chi connectivity index (χ1) is 13.9. The first kappa shape index (κ1) is 19.7. The summed E-state index contributed by atoms with van der Waals surface area (Å²) < 4.78 is 11.1. The van der Waals surface area contributed by atoms with Crippen LogP contribution in [0.5, 0.6) is 11.5 Å². The third-order valence-corrected chi connectivity index (χ3v) is 6.85. The Kier molecular flexibility index (Phi) is 5.01. The van der Waals surface area contributed by atoms with Gasteiger partial charge >= 0.3 is 11.9 Å². The minimum absolute atomic E-state index is 0.0678. The Labute approximate surface area is 171 Å². The van der Waals surface area contributed by atoms with Crippen LogP contribution in [0.15, 0.2) is 24.3 Å². The Hall–Kier alpha value is -2.56. The SMILES string of the molecule is CCC(=O)Oc1ccc2c3c(cc(O)c2c1)[C@@H]1CC[C@H](OC(=O)CC)[C@@]1(C)CC3. The maximum atomic E-state index is 11.9. The summed E-state index contributed by atoms with van der Waals surface area (Å²) >= 11 is 0. The summed E-state index contributed by atoms with van der Waals surface area (Å²) in [6, 6.07) is 7.35. The Bertz CT molecular complexity index is 979. The van der Waals surface area contributed by atoms with Crippen molar-refractivity contribution < 1.29 is 24.2 Å². The molecule has 2 aromatic carbocycles. The van der Waals surface area contributed by atoms with E-state index in [0.29, 0.717) is 24.0 Å². The van der Waals surface area contributed by atoms with Crippen LogP contribution in [0.4, 0.5) is 0 Å². The van der Waals surface area contributed by atoms with Crippen LogP contribution in [0, 0.1) is 5.41 Å². The van der Waals surface area contributed by atoms with Crippen LogP contribution >= 0.6 is 0 Å². The van der Waals surface area contributed by atoms with Gasteiger partial charge in [0.05, 0.1) is 0 Å². The van der Waals surface area contributed by atoms with Gasteiger partial charge in [-0.1, -0.05) is 26.8 Å². The molecule has 2 aliphatic rings. The van der Waals surface area contributed by atoms with Gasteiger partial charge in [0.2, 0.25) is 0 Å². The van der Waals surface area contributed by atoms with E-state index in [1.807, 2.05) is 19.1 Å². The number of aryl methyl sites for hydroxylation is 1. The summed E-state index contributed by atoms with van der Waals surface area (Å²) in [5, 5.41) is 12.5. The fraction of sp³-hybridized carbons (Fsp3) is 0.500. The molecule has 2 aliphatic carbocycles. The zero-order valence-corrected chi connectivity index (χ0v) is 17.3. The van der Waals surface area contributed by atoms with E-state index in [4.69, 9.17) is 9.47 Å². The molecule has 0 heterocycles. The van der Waals surface area contributed by atoms with E-state index in [9.17, 15) is 14.7 Å². The van der Waals surface area contributed by atoms with E-state index in [2.05, 4.69) is 6.92 Å². The molecule has 0 bridgehead atoms. The van der Waals surface area contributed by atoms with Gasteiger partial charge in [0, 0.05) is 23.6 Å². The first-order valence-electron chi connectivity index (χ1n) is 10.6. The molecule has 4 rings (SSSR count). The Morgan fingerprint density at radius 1 is 1.10 bits per heavy atom. The monoisotopic (exact) mass is 396 g/mol. The van der Waals surface area contributed by atoms with Crippen molar-refractivity contribution in [3.05, 3.63) is 35.4 Å². The summed E-state index contributed by atoms with van der Waals surface area (Å²) in [5.41, 5.74) is 2.31. The number of fused-ring (bicyclic) bond motifs is 5. The maximum Gasteiger partial charge on any atom is 0.310 e. The largest absolute Gasteiger partial charge is 0.507 e. The smallest absolute Gasteiger partial charge is 0.310 e. The summed E-state index contributed by atoms with van der Waals surface area (Å²) in [4.78, 5) is 23.5. The summed E-state index contributed by atoms with van der Waals surface area (Å²) in [5.74, 6) is 0.474. The second-order valence-corrected chi connectivity index (χ2v) is 8.47. The highest BCUT2D eigenvalue weighted by Crippen LogP contribution is 2.58. The predicted molar refractivity (Wildman–Crippen MR) is 110 cm³/mol. The van der Waals surface area contributed by atoms with Crippen molar-refractivity contribution in [3.63, 3.8) is 0 Å². The van der Waals surface area contributed by atoms with Crippen molar-refractivity contribution >= 4 is 22.7 Å². The van der Waals surface area contributed by atoms with Crippen molar-refractivity contribution in [2.24, 2.45) is 5.41 Å². The van der Waals surface area contributed by atoms with E-state index < -0.39 is 0 Å². The van der Waals surface area contributed by atoms with Crippen molar-refractivity contribution in [3.8, 4) is 11.5 Å². The molecule has 2 aromatic rings. The van der Waals surface area contributed by atoms with Crippen LogP contribution in [-0.4, -0.2) is 23.1 Å². The van der Waals surface area contributed by atoms with E-state index in [1.165, 1.54) is 5.56 Å². The molecular weight excluding hydrogens is 368 g/mol. The maximum absolute atomic E-state index is 11.9. The lowest BCUT2D eigenvalue weighted by molar-refractivity contribution is -0.154. The van der Waals surface area contributed by atoms with Gasteiger partial charge < -0.3 is 14.6 Å². The number of hydrogen-bond acceptors (Lipinski definition) is 5. The predicted octanol–water partition coefficient (Wildman–Crippen LogP) is 5.01. The van der Waals surface area contributed by atoms with E-state index in [0.717, 1.165) is 36.6 Å². The van der Waals surface area contributed by atoms with Crippen LogP contribution in [0.3, 0.4) is 0 Å². The quantitative estimate of drug-likeness (QED) is 0.581. The summed E-state index contributed by atoms with van der Waals surface area (Å²) in [6.07, 6.45) is 4.25. The lowest BCUT2D eigenvalue weighted by Crippen LogP contribution is -2.38. The molecule has 0 amide bonds. The number of ether oxygens (including phenoxy) is 2. The summed E-state index contributed by atoms with van der Waals surface area (Å²) in [6.45, 7) is 5.79. The molecule has 1 fully saturated rings. The molecule has 29 heavy (non-hydrogen) atoms. The average molecular weight is 396 g/mol. The number of carbonyl (C=O) groups is 2. The molecule has 0 spiro atoms. The Morgan fingerprint density at radius 3 is 2.59 bits per heavy atom. The molecule has 5 nitrogen and oxygen atoms in total. The third kappa shape index (κ3) is 3.26. The zero-order valence-electron chi connectivity index (χ0n) is 17.3. The molecule has 0 aromatic heterocycles. The fourth-order valence-corrected chi connectivity index (χ4v) is 5.20. The zero-order chi connectivity index (χ0) is 20.8. The molecule has 1 N–H and O–H groups in total. The highest BCUT2D eigenvalue weighted by atomic mass is 16.5. The molecule has 5 heteroatoms. The van der Waals surface area contributed by atoms with Crippen molar-refractivity contribution in [2.45, 2.75) is 71.3 Å². The van der Waals surface area contributed by atoms with Crippen LogP contribution in [-0.2, 0) is 20.7 Å². The van der Waals surface area contributed by atoms with Gasteiger partial charge in [-0.05, 0) is 66.3 Å². The van der Waals surface area contributed by atoms with Gasteiger partial charge in [-0.15, -0.1) is 0 Å². The average Bonchev–Trinajstić information content (AvgIpc) is 3.04. The number of aromatic hydroxyl groups is 1. The molecule has 0 radical (unpaired) electrons.